The first-order valence-electron chi connectivity index (χ1n) is 11.1. The topological polar surface area (TPSA) is 70.2 Å². The molecule has 164 valence electrons. The Labute approximate surface area is 191 Å². The van der Waals surface area contributed by atoms with Crippen molar-refractivity contribution in [3.8, 4) is 0 Å². The molecule has 2 N–H and O–H groups in total. The standard InChI is InChI=1S/C25H27N5OS/c1-30(2)23-19-8-3-5-9-21(19)28-25(29-23)27-17-13-11-16(12-14-17)26-24(31)20-15-32-22-10-6-4-7-18(20)22/h3-10,15-17H,11-14H2,1-2H3,(H,26,31)(H,27,28,29). The molecule has 2 aromatic heterocycles. The summed E-state index contributed by atoms with van der Waals surface area (Å²) < 4.78 is 1.15. The van der Waals surface area contributed by atoms with Crippen LogP contribution in [0.3, 0.4) is 0 Å². The average molecular weight is 446 g/mol. The highest BCUT2D eigenvalue weighted by atomic mass is 32.1. The smallest absolute Gasteiger partial charge is 0.252 e. The summed E-state index contributed by atoms with van der Waals surface area (Å²) >= 11 is 1.62. The van der Waals surface area contributed by atoms with Gasteiger partial charge in [0.15, 0.2) is 0 Å². The Balaban J connectivity index is 1.22. The third kappa shape index (κ3) is 4.12. The molecule has 1 fully saturated rings. The highest BCUT2D eigenvalue weighted by molar-refractivity contribution is 7.17. The highest BCUT2D eigenvalue weighted by Crippen LogP contribution is 2.28. The van der Waals surface area contributed by atoms with Gasteiger partial charge < -0.3 is 15.5 Å². The van der Waals surface area contributed by atoms with E-state index in [1.807, 2.05) is 60.8 Å². The Morgan fingerprint density at radius 2 is 1.62 bits per heavy atom. The Morgan fingerprint density at radius 3 is 2.41 bits per heavy atom. The Hall–Kier alpha value is -3.19. The summed E-state index contributed by atoms with van der Waals surface area (Å²) in [6, 6.07) is 16.7. The zero-order valence-electron chi connectivity index (χ0n) is 18.3. The number of thiophene rings is 1. The fourth-order valence-electron chi connectivity index (χ4n) is 4.45. The normalized spacial score (nSPS) is 18.6. The fraction of sp³-hybridized carbons (Fsp3) is 0.320. The quantitative estimate of drug-likeness (QED) is 0.449. The Morgan fingerprint density at radius 1 is 0.938 bits per heavy atom. The molecule has 0 unspecified atom stereocenters. The van der Waals surface area contributed by atoms with Crippen molar-refractivity contribution in [2.45, 2.75) is 37.8 Å². The molecule has 0 bridgehead atoms. The molecular weight excluding hydrogens is 418 g/mol. The number of nitrogens with one attached hydrogen (secondary N) is 2. The second kappa shape index (κ2) is 8.74. The van der Waals surface area contributed by atoms with Gasteiger partial charge >= 0.3 is 0 Å². The molecule has 2 heterocycles. The third-order valence-corrected chi connectivity index (χ3v) is 7.09. The molecule has 1 aliphatic rings. The van der Waals surface area contributed by atoms with Gasteiger partial charge in [-0.3, -0.25) is 4.79 Å². The molecule has 7 heteroatoms. The SMILES string of the molecule is CN(C)c1nc(NC2CCC(NC(=O)c3csc4ccccc34)CC2)nc2ccccc12. The first-order chi connectivity index (χ1) is 15.6. The molecular formula is C25H27N5OS. The van der Waals surface area contributed by atoms with Crippen LogP contribution in [0.1, 0.15) is 36.0 Å². The summed E-state index contributed by atoms with van der Waals surface area (Å²) in [6.07, 6.45) is 3.84. The second-order valence-corrected chi connectivity index (χ2v) is 9.51. The largest absolute Gasteiger partial charge is 0.362 e. The van der Waals surface area contributed by atoms with Gasteiger partial charge in [-0.15, -0.1) is 11.3 Å². The lowest BCUT2D eigenvalue weighted by molar-refractivity contribution is 0.0928. The molecule has 0 saturated heterocycles. The number of carbonyl (C=O) groups is 1. The summed E-state index contributed by atoms with van der Waals surface area (Å²) in [4.78, 5) is 24.3. The zero-order chi connectivity index (χ0) is 22.1. The molecule has 1 amide bonds. The fourth-order valence-corrected chi connectivity index (χ4v) is 5.39. The van der Waals surface area contributed by atoms with Crippen LogP contribution in [0.2, 0.25) is 0 Å². The number of para-hydroxylation sites is 1. The Kier molecular flexibility index (Phi) is 5.66. The Bertz CT molecular complexity index is 1260. The van der Waals surface area contributed by atoms with Gasteiger partial charge in [-0.1, -0.05) is 30.3 Å². The summed E-state index contributed by atoms with van der Waals surface area (Å²) in [7, 11) is 4.01. The number of aromatic nitrogens is 2. The van der Waals surface area contributed by atoms with Crippen molar-refractivity contribution >= 4 is 50.0 Å². The van der Waals surface area contributed by atoms with Crippen LogP contribution in [0.5, 0.6) is 0 Å². The number of anilines is 2. The van der Waals surface area contributed by atoms with Gasteiger partial charge in [0, 0.05) is 47.0 Å². The van der Waals surface area contributed by atoms with Crippen molar-refractivity contribution in [1.29, 1.82) is 0 Å². The van der Waals surface area contributed by atoms with Crippen LogP contribution in [-0.2, 0) is 0 Å². The van der Waals surface area contributed by atoms with E-state index >= 15 is 0 Å². The third-order valence-electron chi connectivity index (χ3n) is 6.13. The minimum Gasteiger partial charge on any atom is -0.362 e. The lowest BCUT2D eigenvalue weighted by atomic mass is 9.91. The number of hydrogen-bond donors (Lipinski definition) is 2. The van der Waals surface area contributed by atoms with Crippen LogP contribution >= 0.6 is 11.3 Å². The lowest BCUT2D eigenvalue weighted by Crippen LogP contribution is -2.40. The van der Waals surface area contributed by atoms with E-state index in [0.29, 0.717) is 12.0 Å². The van der Waals surface area contributed by atoms with Crippen molar-refractivity contribution in [2.24, 2.45) is 0 Å². The van der Waals surface area contributed by atoms with E-state index in [0.717, 1.165) is 58.1 Å². The lowest BCUT2D eigenvalue weighted by Gasteiger charge is -2.30. The van der Waals surface area contributed by atoms with Crippen LogP contribution in [0.25, 0.3) is 21.0 Å². The van der Waals surface area contributed by atoms with Crippen LogP contribution in [0.4, 0.5) is 11.8 Å². The minimum atomic E-state index is 0.0346. The van der Waals surface area contributed by atoms with E-state index < -0.39 is 0 Å². The van der Waals surface area contributed by atoms with Gasteiger partial charge in [0.05, 0.1) is 11.1 Å². The molecule has 1 saturated carbocycles. The van der Waals surface area contributed by atoms with E-state index in [2.05, 4.69) is 22.8 Å². The number of fused-ring (bicyclic) bond motifs is 2. The molecule has 5 rings (SSSR count). The maximum Gasteiger partial charge on any atom is 0.252 e. The van der Waals surface area contributed by atoms with E-state index in [1.54, 1.807) is 11.3 Å². The number of rotatable bonds is 5. The molecule has 0 radical (unpaired) electrons. The predicted octanol–water partition coefficient (Wildman–Crippen LogP) is 5.06. The molecule has 6 nitrogen and oxygen atoms in total. The number of carbonyl (C=O) groups excluding carboxylic acids is 1. The zero-order valence-corrected chi connectivity index (χ0v) is 19.2. The minimum absolute atomic E-state index is 0.0346. The van der Waals surface area contributed by atoms with Crippen molar-refractivity contribution in [2.75, 3.05) is 24.3 Å². The summed E-state index contributed by atoms with van der Waals surface area (Å²) in [5, 5.41) is 10.8. The van der Waals surface area contributed by atoms with Crippen LogP contribution in [0.15, 0.2) is 53.9 Å². The van der Waals surface area contributed by atoms with Gasteiger partial charge in [0.2, 0.25) is 5.95 Å². The van der Waals surface area contributed by atoms with E-state index in [4.69, 9.17) is 9.97 Å². The van der Waals surface area contributed by atoms with Gasteiger partial charge in [-0.2, -0.15) is 4.98 Å². The van der Waals surface area contributed by atoms with Gasteiger partial charge in [0.25, 0.3) is 5.91 Å². The maximum absolute atomic E-state index is 12.8. The number of amides is 1. The molecule has 1 aliphatic carbocycles. The van der Waals surface area contributed by atoms with E-state index in [9.17, 15) is 4.79 Å². The summed E-state index contributed by atoms with van der Waals surface area (Å²) in [5.74, 6) is 1.62. The van der Waals surface area contributed by atoms with Crippen LogP contribution in [-0.4, -0.2) is 42.1 Å². The predicted molar refractivity (Wildman–Crippen MR) is 133 cm³/mol. The van der Waals surface area contributed by atoms with E-state index in [1.165, 1.54) is 0 Å². The van der Waals surface area contributed by atoms with Gasteiger partial charge in [-0.05, 0) is 43.9 Å². The van der Waals surface area contributed by atoms with E-state index in [-0.39, 0.29) is 11.9 Å². The summed E-state index contributed by atoms with van der Waals surface area (Å²) in [5.41, 5.74) is 1.73. The number of benzene rings is 2. The first kappa shape index (κ1) is 20.7. The number of nitrogens with zero attached hydrogens (tertiary/aromatic N) is 3. The molecule has 4 aromatic rings. The number of hydrogen-bond acceptors (Lipinski definition) is 6. The highest BCUT2D eigenvalue weighted by Gasteiger charge is 2.24. The second-order valence-electron chi connectivity index (χ2n) is 8.59. The van der Waals surface area contributed by atoms with Gasteiger partial charge in [-0.25, -0.2) is 4.98 Å². The van der Waals surface area contributed by atoms with Crippen molar-refractivity contribution in [1.82, 2.24) is 15.3 Å². The summed E-state index contributed by atoms with van der Waals surface area (Å²) in [6.45, 7) is 0. The van der Waals surface area contributed by atoms with Crippen molar-refractivity contribution < 1.29 is 4.79 Å². The van der Waals surface area contributed by atoms with Crippen molar-refractivity contribution in [3.05, 3.63) is 59.5 Å². The first-order valence-corrected chi connectivity index (χ1v) is 11.9. The van der Waals surface area contributed by atoms with Crippen molar-refractivity contribution in [3.63, 3.8) is 0 Å². The molecule has 0 spiro atoms. The molecule has 2 aromatic carbocycles. The van der Waals surface area contributed by atoms with Gasteiger partial charge in [0.1, 0.15) is 5.82 Å². The average Bonchev–Trinajstić information content (AvgIpc) is 3.24. The maximum atomic E-state index is 12.8. The monoisotopic (exact) mass is 445 g/mol. The van der Waals surface area contributed by atoms with Crippen LogP contribution < -0.4 is 15.5 Å². The molecule has 32 heavy (non-hydrogen) atoms. The van der Waals surface area contributed by atoms with Crippen LogP contribution in [0, 0.1) is 0 Å². The molecule has 0 atom stereocenters. The molecule has 0 aliphatic heterocycles.